The zero-order valence-electron chi connectivity index (χ0n) is 17.4. The molecule has 4 heterocycles. The zero-order chi connectivity index (χ0) is 21.4. The van der Waals surface area contributed by atoms with Gasteiger partial charge in [-0.2, -0.15) is 0 Å². The first-order valence-corrected chi connectivity index (χ1v) is 10.0. The number of piperazine rings is 1. The number of fused-ring (bicyclic) bond motifs is 1. The van der Waals surface area contributed by atoms with Gasteiger partial charge in [0.05, 0.1) is 18.1 Å². The molecule has 1 aromatic carbocycles. The predicted octanol–water partition coefficient (Wildman–Crippen LogP) is 2.89. The molecule has 5 rings (SSSR count). The molecule has 1 aliphatic rings. The summed E-state index contributed by atoms with van der Waals surface area (Å²) in [6.07, 6.45) is 4.85. The summed E-state index contributed by atoms with van der Waals surface area (Å²) in [5.74, 6) is 0.561. The SMILES string of the molecule is Br.CN1CCN(C(=O)c2ccc(-c3cnc(N)c(-c4nc5cnccc5o4)n3)cc2)CC1. The van der Waals surface area contributed by atoms with Gasteiger partial charge >= 0.3 is 0 Å². The van der Waals surface area contributed by atoms with Crippen LogP contribution in [-0.4, -0.2) is 68.9 Å². The molecule has 4 aromatic rings. The van der Waals surface area contributed by atoms with Crippen molar-refractivity contribution in [3.05, 3.63) is 54.5 Å². The Bertz CT molecular complexity index is 1220. The number of nitrogen functional groups attached to an aromatic ring is 1. The summed E-state index contributed by atoms with van der Waals surface area (Å²) in [6.45, 7) is 3.26. The van der Waals surface area contributed by atoms with Crippen LogP contribution in [0.4, 0.5) is 5.82 Å². The van der Waals surface area contributed by atoms with Gasteiger partial charge in [-0.1, -0.05) is 12.1 Å². The maximum absolute atomic E-state index is 12.8. The minimum atomic E-state index is 0. The van der Waals surface area contributed by atoms with Crippen molar-refractivity contribution in [1.29, 1.82) is 0 Å². The fourth-order valence-electron chi connectivity index (χ4n) is 3.55. The van der Waals surface area contributed by atoms with Crippen molar-refractivity contribution in [3.8, 4) is 22.8 Å². The molecule has 0 bridgehead atoms. The Morgan fingerprint density at radius 3 is 2.50 bits per heavy atom. The van der Waals surface area contributed by atoms with E-state index in [1.54, 1.807) is 24.7 Å². The lowest BCUT2D eigenvalue weighted by molar-refractivity contribution is 0.0664. The van der Waals surface area contributed by atoms with Gasteiger partial charge in [0, 0.05) is 49.6 Å². The number of hydrogen-bond donors (Lipinski definition) is 1. The molecule has 9 nitrogen and oxygen atoms in total. The van der Waals surface area contributed by atoms with Gasteiger partial charge in [-0.25, -0.2) is 15.0 Å². The summed E-state index contributed by atoms with van der Waals surface area (Å²) in [4.78, 5) is 34.2. The van der Waals surface area contributed by atoms with Crippen LogP contribution in [0.5, 0.6) is 0 Å². The first kappa shape index (κ1) is 21.8. The van der Waals surface area contributed by atoms with E-state index in [4.69, 9.17) is 10.2 Å². The van der Waals surface area contributed by atoms with E-state index < -0.39 is 0 Å². The summed E-state index contributed by atoms with van der Waals surface area (Å²) in [6, 6.07) is 9.10. The third kappa shape index (κ3) is 4.19. The number of carbonyl (C=O) groups excluding carboxylic acids is 1. The Balaban J connectivity index is 0.00000245. The van der Waals surface area contributed by atoms with Gasteiger partial charge in [0.15, 0.2) is 17.1 Å². The molecule has 1 amide bonds. The normalized spacial score (nSPS) is 14.3. The van der Waals surface area contributed by atoms with Crippen molar-refractivity contribution in [2.75, 3.05) is 39.0 Å². The number of hydrogen-bond acceptors (Lipinski definition) is 8. The quantitative estimate of drug-likeness (QED) is 0.461. The van der Waals surface area contributed by atoms with Crippen LogP contribution in [0.1, 0.15) is 10.4 Å². The van der Waals surface area contributed by atoms with Gasteiger partial charge < -0.3 is 20.0 Å². The lowest BCUT2D eigenvalue weighted by atomic mass is 10.1. The summed E-state index contributed by atoms with van der Waals surface area (Å²) < 4.78 is 5.76. The number of carbonyl (C=O) groups is 1. The molecule has 164 valence electrons. The third-order valence-corrected chi connectivity index (χ3v) is 5.41. The topological polar surface area (TPSA) is 114 Å². The van der Waals surface area contributed by atoms with Crippen LogP contribution in [0.25, 0.3) is 33.9 Å². The van der Waals surface area contributed by atoms with Crippen LogP contribution in [0.15, 0.2) is 53.3 Å². The first-order valence-electron chi connectivity index (χ1n) is 10.0. The molecular formula is C22H22BrN7O2. The minimum absolute atomic E-state index is 0. The largest absolute Gasteiger partial charge is 0.434 e. The Morgan fingerprint density at radius 1 is 1.03 bits per heavy atom. The average Bonchev–Trinajstić information content (AvgIpc) is 3.24. The molecule has 3 aromatic heterocycles. The van der Waals surface area contributed by atoms with Gasteiger partial charge in [0.2, 0.25) is 5.89 Å². The fraction of sp³-hybridized carbons (Fsp3) is 0.227. The monoisotopic (exact) mass is 495 g/mol. The lowest BCUT2D eigenvalue weighted by Gasteiger charge is -2.32. The van der Waals surface area contributed by atoms with E-state index in [9.17, 15) is 4.79 Å². The Hall–Kier alpha value is -3.37. The molecule has 32 heavy (non-hydrogen) atoms. The number of aromatic nitrogens is 4. The number of amides is 1. The number of pyridine rings is 1. The van der Waals surface area contributed by atoms with Gasteiger partial charge in [0.25, 0.3) is 5.91 Å². The van der Waals surface area contributed by atoms with Gasteiger partial charge in [0.1, 0.15) is 5.52 Å². The summed E-state index contributed by atoms with van der Waals surface area (Å²) in [5, 5.41) is 0. The number of rotatable bonds is 3. The summed E-state index contributed by atoms with van der Waals surface area (Å²) in [7, 11) is 2.07. The van der Waals surface area contributed by atoms with E-state index in [0.29, 0.717) is 28.1 Å². The number of nitrogens with zero attached hydrogens (tertiary/aromatic N) is 6. The highest BCUT2D eigenvalue weighted by Gasteiger charge is 2.20. The number of benzene rings is 1. The molecule has 1 fully saturated rings. The Labute approximate surface area is 195 Å². The van der Waals surface area contributed by atoms with Crippen LogP contribution < -0.4 is 5.73 Å². The third-order valence-electron chi connectivity index (χ3n) is 5.41. The second-order valence-electron chi connectivity index (χ2n) is 7.52. The highest BCUT2D eigenvalue weighted by atomic mass is 79.9. The van der Waals surface area contributed by atoms with Crippen molar-refractivity contribution < 1.29 is 9.21 Å². The number of oxazole rings is 1. The molecule has 0 atom stereocenters. The van der Waals surface area contributed by atoms with Crippen molar-refractivity contribution in [2.45, 2.75) is 0 Å². The van der Waals surface area contributed by atoms with Crippen LogP contribution in [0, 0.1) is 0 Å². The summed E-state index contributed by atoms with van der Waals surface area (Å²) >= 11 is 0. The molecule has 0 spiro atoms. The second kappa shape index (κ2) is 9.01. The van der Waals surface area contributed by atoms with Gasteiger partial charge in [-0.15, -0.1) is 17.0 Å². The van der Waals surface area contributed by atoms with Crippen molar-refractivity contribution >= 4 is 39.8 Å². The highest BCUT2D eigenvalue weighted by molar-refractivity contribution is 8.93. The van der Waals surface area contributed by atoms with Crippen LogP contribution in [0.2, 0.25) is 0 Å². The standard InChI is InChI=1S/C22H21N7O2.BrH/c1-28-8-10-29(11-9-28)22(30)15-4-2-14(3-5-15)16-13-25-20(23)19(26-16)21-27-17-12-24-7-6-18(17)31-21;/h2-7,12-13H,8-11H2,1H3,(H2,23,25);1H. The fourth-order valence-corrected chi connectivity index (χ4v) is 3.55. The maximum atomic E-state index is 12.8. The molecule has 0 unspecified atom stereocenters. The first-order chi connectivity index (χ1) is 15.1. The van der Waals surface area contributed by atoms with E-state index >= 15 is 0 Å². The molecule has 0 aliphatic carbocycles. The van der Waals surface area contributed by atoms with Crippen LogP contribution in [-0.2, 0) is 0 Å². The molecule has 10 heteroatoms. The van der Waals surface area contributed by atoms with Gasteiger partial charge in [-0.3, -0.25) is 9.78 Å². The number of nitrogens with two attached hydrogens (primary N) is 1. The molecular weight excluding hydrogens is 474 g/mol. The smallest absolute Gasteiger partial charge is 0.253 e. The highest BCUT2D eigenvalue weighted by Crippen LogP contribution is 2.28. The maximum Gasteiger partial charge on any atom is 0.253 e. The Morgan fingerprint density at radius 2 is 1.78 bits per heavy atom. The van der Waals surface area contributed by atoms with Crippen LogP contribution >= 0.6 is 17.0 Å². The van der Waals surface area contributed by atoms with E-state index in [2.05, 4.69) is 31.9 Å². The van der Waals surface area contributed by atoms with Gasteiger partial charge in [-0.05, 0) is 19.2 Å². The molecule has 1 aliphatic heterocycles. The van der Waals surface area contributed by atoms with E-state index in [1.807, 2.05) is 29.2 Å². The van der Waals surface area contributed by atoms with Crippen molar-refractivity contribution in [3.63, 3.8) is 0 Å². The zero-order valence-corrected chi connectivity index (χ0v) is 19.1. The molecule has 0 radical (unpaired) electrons. The minimum Gasteiger partial charge on any atom is -0.434 e. The van der Waals surface area contributed by atoms with Crippen molar-refractivity contribution in [2.24, 2.45) is 0 Å². The van der Waals surface area contributed by atoms with E-state index in [1.165, 1.54) is 0 Å². The Kier molecular flexibility index (Phi) is 6.15. The summed E-state index contributed by atoms with van der Waals surface area (Å²) in [5.41, 5.74) is 9.71. The van der Waals surface area contributed by atoms with E-state index in [-0.39, 0.29) is 34.6 Å². The van der Waals surface area contributed by atoms with E-state index in [0.717, 1.165) is 31.7 Å². The number of anilines is 1. The predicted molar refractivity (Wildman–Crippen MR) is 126 cm³/mol. The molecule has 2 N–H and O–H groups in total. The van der Waals surface area contributed by atoms with Crippen molar-refractivity contribution in [1.82, 2.24) is 29.7 Å². The average molecular weight is 496 g/mol. The van der Waals surface area contributed by atoms with Crippen LogP contribution in [0.3, 0.4) is 0 Å². The molecule has 0 saturated carbocycles. The number of likely N-dealkylation sites (N-methyl/N-ethyl adjacent to an activating group) is 1. The second-order valence-corrected chi connectivity index (χ2v) is 7.52. The molecule has 1 saturated heterocycles. The number of halogens is 1. The lowest BCUT2D eigenvalue weighted by Crippen LogP contribution is -2.47.